The predicted molar refractivity (Wildman–Crippen MR) is 73.3 cm³/mol. The summed E-state index contributed by atoms with van der Waals surface area (Å²) >= 11 is 0. The van der Waals surface area contributed by atoms with Crippen LogP contribution in [0.1, 0.15) is 13.8 Å². The Balaban J connectivity index is 2.32. The maximum absolute atomic E-state index is 9.54. The second-order valence-electron chi connectivity index (χ2n) is 4.65. The molecule has 1 aromatic carbocycles. The van der Waals surface area contributed by atoms with Gasteiger partial charge in [-0.1, -0.05) is 12.1 Å². The smallest absolute Gasteiger partial charge is 0.142 e. The molecule has 1 aliphatic rings. The van der Waals surface area contributed by atoms with E-state index in [1.165, 1.54) is 0 Å². The molecular weight excluding hydrogens is 228 g/mol. The van der Waals surface area contributed by atoms with Crippen LogP contribution in [0.15, 0.2) is 24.3 Å². The maximum Gasteiger partial charge on any atom is 0.142 e. The third-order valence-electron chi connectivity index (χ3n) is 3.34. The monoisotopic (exact) mass is 250 g/mol. The Morgan fingerprint density at radius 3 is 2.89 bits per heavy atom. The van der Waals surface area contributed by atoms with Crippen molar-refractivity contribution in [1.82, 2.24) is 5.32 Å². The number of benzene rings is 1. The van der Waals surface area contributed by atoms with Gasteiger partial charge in [0.2, 0.25) is 0 Å². The van der Waals surface area contributed by atoms with E-state index in [1.54, 1.807) is 0 Å². The van der Waals surface area contributed by atoms with Crippen molar-refractivity contribution >= 4 is 5.69 Å². The Bertz CT molecular complexity index is 384. The van der Waals surface area contributed by atoms with Gasteiger partial charge in [-0.25, -0.2) is 0 Å². The second kappa shape index (κ2) is 6.07. The number of para-hydroxylation sites is 2. The Morgan fingerprint density at radius 1 is 1.39 bits per heavy atom. The fourth-order valence-electron chi connectivity index (χ4n) is 2.55. The summed E-state index contributed by atoms with van der Waals surface area (Å²) in [5, 5.41) is 12.9. The summed E-state index contributed by atoms with van der Waals surface area (Å²) in [5.41, 5.74) is 1.08. The molecule has 0 aromatic heterocycles. The Kier molecular flexibility index (Phi) is 4.44. The van der Waals surface area contributed by atoms with Crippen molar-refractivity contribution in [2.45, 2.75) is 25.9 Å². The number of aliphatic hydroxyl groups is 1. The van der Waals surface area contributed by atoms with Gasteiger partial charge in [0.05, 0.1) is 24.9 Å². The molecule has 0 aliphatic carbocycles. The van der Waals surface area contributed by atoms with Crippen LogP contribution in [0.4, 0.5) is 5.69 Å². The van der Waals surface area contributed by atoms with E-state index in [2.05, 4.69) is 23.2 Å². The van der Waals surface area contributed by atoms with Crippen LogP contribution in [-0.2, 0) is 0 Å². The van der Waals surface area contributed by atoms with Crippen molar-refractivity contribution in [2.75, 3.05) is 31.2 Å². The van der Waals surface area contributed by atoms with E-state index in [0.717, 1.165) is 24.5 Å². The number of hydrogen-bond acceptors (Lipinski definition) is 4. The molecule has 18 heavy (non-hydrogen) atoms. The van der Waals surface area contributed by atoms with E-state index in [9.17, 15) is 5.11 Å². The largest absolute Gasteiger partial charge is 0.492 e. The minimum Gasteiger partial charge on any atom is -0.492 e. The van der Waals surface area contributed by atoms with Gasteiger partial charge >= 0.3 is 0 Å². The first-order valence-corrected chi connectivity index (χ1v) is 6.59. The zero-order chi connectivity index (χ0) is 13.0. The average molecular weight is 250 g/mol. The van der Waals surface area contributed by atoms with E-state index in [4.69, 9.17) is 4.74 Å². The molecule has 2 N–H and O–H groups in total. The second-order valence-corrected chi connectivity index (χ2v) is 4.65. The van der Waals surface area contributed by atoms with E-state index in [-0.39, 0.29) is 12.6 Å². The third-order valence-corrected chi connectivity index (χ3v) is 3.34. The number of hydrogen-bond donors (Lipinski definition) is 2. The van der Waals surface area contributed by atoms with E-state index >= 15 is 0 Å². The summed E-state index contributed by atoms with van der Waals surface area (Å²) < 4.78 is 5.69. The van der Waals surface area contributed by atoms with Gasteiger partial charge in [0.15, 0.2) is 0 Å². The number of ether oxygens (including phenoxy) is 1. The molecule has 0 bridgehead atoms. The number of aliphatic hydroxyl groups excluding tert-OH is 1. The lowest BCUT2D eigenvalue weighted by Gasteiger charge is -2.42. The minimum absolute atomic E-state index is 0.107. The fraction of sp³-hybridized carbons (Fsp3) is 0.571. The summed E-state index contributed by atoms with van der Waals surface area (Å²) in [6, 6.07) is 8.50. The number of anilines is 1. The molecule has 1 heterocycles. The molecule has 1 aliphatic heterocycles. The van der Waals surface area contributed by atoms with Crippen LogP contribution < -0.4 is 15.0 Å². The first-order valence-electron chi connectivity index (χ1n) is 6.59. The zero-order valence-corrected chi connectivity index (χ0v) is 11.1. The highest BCUT2D eigenvalue weighted by Crippen LogP contribution is 2.31. The molecule has 1 saturated heterocycles. The number of rotatable bonds is 4. The van der Waals surface area contributed by atoms with E-state index in [0.29, 0.717) is 12.6 Å². The number of nitrogens with zero attached hydrogens (tertiary/aromatic N) is 1. The van der Waals surface area contributed by atoms with Gasteiger partial charge in [0, 0.05) is 19.1 Å². The molecule has 100 valence electrons. The number of nitrogens with one attached hydrogen (secondary N) is 1. The first kappa shape index (κ1) is 13.2. The standard InChI is InChI=1S/C14H22N2O2/c1-3-18-14-7-5-4-6-13(14)16-11(2)8-15-9-12(16)10-17/h4-7,11-12,15,17H,3,8-10H2,1-2H3. The van der Waals surface area contributed by atoms with E-state index in [1.807, 2.05) is 25.1 Å². The number of piperazine rings is 1. The third kappa shape index (κ3) is 2.60. The molecule has 0 saturated carbocycles. The topological polar surface area (TPSA) is 44.7 Å². The van der Waals surface area contributed by atoms with Crippen LogP contribution in [0.2, 0.25) is 0 Å². The van der Waals surface area contributed by atoms with Crippen LogP contribution >= 0.6 is 0 Å². The predicted octanol–water partition coefficient (Wildman–Crippen LogP) is 1.24. The van der Waals surface area contributed by atoms with Crippen molar-refractivity contribution in [2.24, 2.45) is 0 Å². The van der Waals surface area contributed by atoms with Crippen molar-refractivity contribution in [3.8, 4) is 5.75 Å². The van der Waals surface area contributed by atoms with Crippen molar-refractivity contribution < 1.29 is 9.84 Å². The fourth-order valence-corrected chi connectivity index (χ4v) is 2.55. The molecule has 1 aromatic rings. The zero-order valence-electron chi connectivity index (χ0n) is 11.1. The van der Waals surface area contributed by atoms with Gasteiger partial charge in [0.25, 0.3) is 0 Å². The molecule has 4 nitrogen and oxygen atoms in total. The van der Waals surface area contributed by atoms with Gasteiger partial charge in [-0.2, -0.15) is 0 Å². The lowest BCUT2D eigenvalue weighted by molar-refractivity contribution is 0.234. The Labute approximate surface area is 109 Å². The molecule has 0 amide bonds. The summed E-state index contributed by atoms with van der Waals surface area (Å²) in [7, 11) is 0. The lowest BCUT2D eigenvalue weighted by atomic mass is 10.1. The Hall–Kier alpha value is -1.26. The van der Waals surface area contributed by atoms with Crippen molar-refractivity contribution in [1.29, 1.82) is 0 Å². The van der Waals surface area contributed by atoms with Crippen molar-refractivity contribution in [3.05, 3.63) is 24.3 Å². The Morgan fingerprint density at radius 2 is 2.17 bits per heavy atom. The van der Waals surface area contributed by atoms with Gasteiger partial charge in [-0.05, 0) is 26.0 Å². The molecule has 0 radical (unpaired) electrons. The first-order chi connectivity index (χ1) is 8.77. The highest BCUT2D eigenvalue weighted by molar-refractivity contribution is 5.60. The van der Waals surface area contributed by atoms with Crippen molar-refractivity contribution in [3.63, 3.8) is 0 Å². The summed E-state index contributed by atoms with van der Waals surface area (Å²) in [4.78, 5) is 2.27. The molecule has 4 heteroatoms. The highest BCUT2D eigenvalue weighted by atomic mass is 16.5. The van der Waals surface area contributed by atoms with Crippen LogP contribution in [0.3, 0.4) is 0 Å². The van der Waals surface area contributed by atoms with Crippen LogP contribution in [0.25, 0.3) is 0 Å². The molecule has 1 fully saturated rings. The SMILES string of the molecule is CCOc1ccccc1N1C(C)CNCC1CO. The van der Waals surface area contributed by atoms with Crippen LogP contribution in [0, 0.1) is 0 Å². The normalized spacial score (nSPS) is 24.1. The summed E-state index contributed by atoms with van der Waals surface area (Å²) in [6.45, 7) is 6.69. The van der Waals surface area contributed by atoms with Gasteiger partial charge in [-0.15, -0.1) is 0 Å². The van der Waals surface area contributed by atoms with Crippen LogP contribution in [0.5, 0.6) is 5.75 Å². The average Bonchev–Trinajstić information content (AvgIpc) is 2.40. The minimum atomic E-state index is 0.107. The molecule has 0 spiro atoms. The van der Waals surface area contributed by atoms with Gasteiger partial charge < -0.3 is 20.1 Å². The lowest BCUT2D eigenvalue weighted by Crippen LogP contribution is -2.58. The van der Waals surface area contributed by atoms with E-state index < -0.39 is 0 Å². The maximum atomic E-state index is 9.54. The van der Waals surface area contributed by atoms with Crippen LogP contribution in [-0.4, -0.2) is 43.5 Å². The van der Waals surface area contributed by atoms with Gasteiger partial charge in [-0.3, -0.25) is 0 Å². The van der Waals surface area contributed by atoms with Gasteiger partial charge in [0.1, 0.15) is 5.75 Å². The quantitative estimate of drug-likeness (QED) is 0.844. The highest BCUT2D eigenvalue weighted by Gasteiger charge is 2.29. The molecule has 2 unspecified atom stereocenters. The summed E-state index contributed by atoms with van der Waals surface area (Å²) in [6.07, 6.45) is 0. The molecule has 2 rings (SSSR count). The molecule has 2 atom stereocenters. The molecular formula is C14H22N2O2. The summed E-state index contributed by atoms with van der Waals surface area (Å²) in [5.74, 6) is 0.896.